The first-order chi connectivity index (χ1) is 12.8. The molecule has 1 atom stereocenters. The van der Waals surface area contributed by atoms with E-state index < -0.39 is 27.5 Å². The van der Waals surface area contributed by atoms with Gasteiger partial charge < -0.3 is 10.4 Å². The molecule has 0 aliphatic carbocycles. The van der Waals surface area contributed by atoms with Gasteiger partial charge in [0.2, 0.25) is 15.4 Å². The SMILES string of the molecule is CSc1ccc(S(=O)(=O)c2ccc(NC(=O)[C@@](C)(O)C(F)(F)F)c(Cl)c2)cc1. The van der Waals surface area contributed by atoms with Gasteiger partial charge in [-0.3, -0.25) is 4.79 Å². The van der Waals surface area contributed by atoms with Crippen molar-refractivity contribution >= 4 is 44.8 Å². The third-order valence-corrected chi connectivity index (χ3v) is 6.69. The van der Waals surface area contributed by atoms with Crippen molar-refractivity contribution in [3.8, 4) is 0 Å². The van der Waals surface area contributed by atoms with E-state index in [1.54, 1.807) is 12.1 Å². The molecule has 152 valence electrons. The highest BCUT2D eigenvalue weighted by molar-refractivity contribution is 7.98. The van der Waals surface area contributed by atoms with Crippen molar-refractivity contribution in [2.45, 2.75) is 33.4 Å². The van der Waals surface area contributed by atoms with Crippen LogP contribution in [0.4, 0.5) is 18.9 Å². The maximum absolute atomic E-state index is 12.7. The molecule has 2 aromatic rings. The summed E-state index contributed by atoms with van der Waals surface area (Å²) >= 11 is 7.37. The number of aliphatic hydroxyl groups is 1. The Balaban J connectivity index is 2.32. The van der Waals surface area contributed by atoms with E-state index in [1.165, 1.54) is 23.9 Å². The fourth-order valence-corrected chi connectivity index (χ4v) is 4.02. The topological polar surface area (TPSA) is 83.5 Å². The first kappa shape index (κ1) is 22.5. The maximum Gasteiger partial charge on any atom is 0.426 e. The molecule has 0 heterocycles. The third-order valence-electron chi connectivity index (χ3n) is 3.86. The van der Waals surface area contributed by atoms with Crippen LogP contribution in [0.25, 0.3) is 0 Å². The van der Waals surface area contributed by atoms with Gasteiger partial charge in [0, 0.05) is 4.90 Å². The average Bonchev–Trinajstić information content (AvgIpc) is 2.62. The summed E-state index contributed by atoms with van der Waals surface area (Å²) in [5.74, 6) is -1.75. The minimum Gasteiger partial charge on any atom is -0.373 e. The van der Waals surface area contributed by atoms with Gasteiger partial charge in [-0.1, -0.05) is 11.6 Å². The molecule has 5 nitrogen and oxygen atoms in total. The molecular weight excluding hydrogens is 439 g/mol. The number of halogens is 4. The Morgan fingerprint density at radius 3 is 2.11 bits per heavy atom. The van der Waals surface area contributed by atoms with Crippen molar-refractivity contribution in [1.29, 1.82) is 0 Å². The van der Waals surface area contributed by atoms with Crippen LogP contribution in [-0.2, 0) is 14.6 Å². The number of anilines is 1. The van der Waals surface area contributed by atoms with Gasteiger partial charge in [-0.05, 0) is 55.6 Å². The molecule has 0 aliphatic rings. The summed E-state index contributed by atoms with van der Waals surface area (Å²) < 4.78 is 63.5. The predicted octanol–water partition coefficient (Wildman–Crippen LogP) is 4.15. The van der Waals surface area contributed by atoms with Crippen LogP contribution in [-0.4, -0.2) is 37.5 Å². The second-order valence-electron chi connectivity index (χ2n) is 5.84. The lowest BCUT2D eigenvalue weighted by Gasteiger charge is -2.25. The Kier molecular flexibility index (Phi) is 6.39. The second kappa shape index (κ2) is 7.94. The van der Waals surface area contributed by atoms with Gasteiger partial charge in [-0.25, -0.2) is 8.42 Å². The van der Waals surface area contributed by atoms with E-state index in [2.05, 4.69) is 0 Å². The Hall–Kier alpha value is -1.75. The van der Waals surface area contributed by atoms with Crippen LogP contribution < -0.4 is 5.32 Å². The summed E-state index contributed by atoms with van der Waals surface area (Å²) in [6.07, 6.45) is -3.36. The van der Waals surface area contributed by atoms with Crippen LogP contribution in [0, 0.1) is 0 Å². The largest absolute Gasteiger partial charge is 0.426 e. The van der Waals surface area contributed by atoms with E-state index in [9.17, 15) is 31.5 Å². The molecule has 28 heavy (non-hydrogen) atoms. The Morgan fingerprint density at radius 1 is 1.11 bits per heavy atom. The molecule has 0 aromatic heterocycles. The highest BCUT2D eigenvalue weighted by atomic mass is 35.5. The van der Waals surface area contributed by atoms with Gasteiger partial charge in [0.25, 0.3) is 5.91 Å². The van der Waals surface area contributed by atoms with E-state index >= 15 is 0 Å². The number of hydrogen-bond donors (Lipinski definition) is 2. The van der Waals surface area contributed by atoms with Gasteiger partial charge in [-0.2, -0.15) is 13.2 Å². The monoisotopic (exact) mass is 453 g/mol. The number of hydrogen-bond acceptors (Lipinski definition) is 5. The molecule has 1 amide bonds. The number of amides is 1. The minimum atomic E-state index is -5.20. The maximum atomic E-state index is 12.7. The number of alkyl halides is 3. The molecule has 0 fully saturated rings. The first-order valence-corrected chi connectivity index (χ1v) is 10.7. The zero-order chi connectivity index (χ0) is 21.3. The van der Waals surface area contributed by atoms with Crippen LogP contribution >= 0.6 is 23.4 Å². The third kappa shape index (κ3) is 4.45. The molecule has 2 rings (SSSR count). The van der Waals surface area contributed by atoms with E-state index in [0.717, 1.165) is 23.1 Å². The molecule has 0 spiro atoms. The molecule has 0 saturated carbocycles. The number of carbonyl (C=O) groups excluding carboxylic acids is 1. The van der Waals surface area contributed by atoms with Crippen molar-refractivity contribution in [1.82, 2.24) is 0 Å². The molecule has 2 N–H and O–H groups in total. The second-order valence-corrected chi connectivity index (χ2v) is 9.08. The summed E-state index contributed by atoms with van der Waals surface area (Å²) in [6, 6.07) is 9.27. The molecule has 0 saturated heterocycles. The lowest BCUT2D eigenvalue weighted by molar-refractivity contribution is -0.242. The van der Waals surface area contributed by atoms with Crippen LogP contribution in [0.5, 0.6) is 0 Å². The fraction of sp³-hybridized carbons (Fsp3) is 0.235. The van der Waals surface area contributed by atoms with Crippen LogP contribution in [0.15, 0.2) is 57.2 Å². The van der Waals surface area contributed by atoms with Gasteiger partial charge in [0.1, 0.15) is 0 Å². The van der Waals surface area contributed by atoms with E-state index in [0.29, 0.717) is 6.92 Å². The molecule has 0 unspecified atom stereocenters. The summed E-state index contributed by atoms with van der Waals surface area (Å²) in [6.45, 7) is 0.299. The summed E-state index contributed by atoms with van der Waals surface area (Å²) in [4.78, 5) is 12.4. The number of benzene rings is 2. The Morgan fingerprint density at radius 2 is 1.64 bits per heavy atom. The predicted molar refractivity (Wildman–Crippen MR) is 100 cm³/mol. The van der Waals surface area contributed by atoms with E-state index in [1.807, 2.05) is 11.6 Å². The minimum absolute atomic E-state index is 0.0122. The Bertz CT molecular complexity index is 990. The lowest BCUT2D eigenvalue weighted by atomic mass is 10.1. The number of carbonyl (C=O) groups is 1. The number of sulfone groups is 1. The fourth-order valence-electron chi connectivity index (χ4n) is 2.03. The molecule has 0 aliphatic heterocycles. The summed E-state index contributed by atoms with van der Waals surface area (Å²) in [7, 11) is -3.92. The number of rotatable bonds is 5. The molecule has 11 heteroatoms. The molecule has 0 bridgehead atoms. The van der Waals surface area contributed by atoms with Gasteiger partial charge in [-0.15, -0.1) is 11.8 Å². The Labute approximate surface area is 168 Å². The molecular formula is C17H15ClF3NO4S2. The summed E-state index contributed by atoms with van der Waals surface area (Å²) in [5.41, 5.74) is -3.91. The van der Waals surface area contributed by atoms with Crippen molar-refractivity contribution in [3.63, 3.8) is 0 Å². The van der Waals surface area contributed by atoms with Crippen molar-refractivity contribution < 1.29 is 31.5 Å². The highest BCUT2D eigenvalue weighted by Crippen LogP contribution is 2.33. The highest BCUT2D eigenvalue weighted by Gasteiger charge is 2.55. The van der Waals surface area contributed by atoms with E-state index in [-0.39, 0.29) is 20.5 Å². The van der Waals surface area contributed by atoms with Crippen molar-refractivity contribution in [3.05, 3.63) is 47.5 Å². The van der Waals surface area contributed by atoms with Crippen LogP contribution in [0.2, 0.25) is 5.02 Å². The van der Waals surface area contributed by atoms with Gasteiger partial charge in [0.15, 0.2) is 0 Å². The normalized spacial score (nSPS) is 14.4. The number of nitrogens with one attached hydrogen (secondary N) is 1. The van der Waals surface area contributed by atoms with Crippen LogP contribution in [0.1, 0.15) is 6.92 Å². The molecule has 0 radical (unpaired) electrons. The quantitative estimate of drug-likeness (QED) is 0.664. The van der Waals surface area contributed by atoms with Crippen LogP contribution in [0.3, 0.4) is 0 Å². The lowest BCUT2D eigenvalue weighted by Crippen LogP contribution is -2.52. The molecule has 2 aromatic carbocycles. The van der Waals surface area contributed by atoms with Gasteiger partial charge in [0.05, 0.1) is 20.5 Å². The zero-order valence-corrected chi connectivity index (χ0v) is 16.9. The van der Waals surface area contributed by atoms with Crippen molar-refractivity contribution in [2.75, 3.05) is 11.6 Å². The smallest absolute Gasteiger partial charge is 0.373 e. The van der Waals surface area contributed by atoms with Gasteiger partial charge >= 0.3 is 6.18 Å². The summed E-state index contributed by atoms with van der Waals surface area (Å²) in [5, 5.41) is 10.9. The first-order valence-electron chi connectivity index (χ1n) is 7.60. The van der Waals surface area contributed by atoms with E-state index in [4.69, 9.17) is 11.6 Å². The average molecular weight is 454 g/mol. The van der Waals surface area contributed by atoms with Crippen molar-refractivity contribution in [2.24, 2.45) is 0 Å². The zero-order valence-electron chi connectivity index (χ0n) is 14.5. The standard InChI is InChI=1S/C17H15ClF3NO4S2/c1-16(24,17(19,20)21)15(23)22-14-8-7-12(9-13(14)18)28(25,26)11-5-3-10(27-2)4-6-11/h3-9,24H,1-2H3,(H,22,23)/t16-/m1/s1. The number of thioether (sulfide) groups is 1.